The number of hydrogen-bond donors (Lipinski definition) is 1. The Bertz CT molecular complexity index is 223. The lowest BCUT2D eigenvalue weighted by Gasteiger charge is -2.23. The molecular formula is C14H25NO. The standard InChI is InChI=1S/C14H25NO/c1-2-4-6-12(5-3-1)15-10-11-9-13-7-8-14(11)16-13/h11-15H,1-10H2. The molecule has 2 heterocycles. The van der Waals surface area contributed by atoms with E-state index in [0.717, 1.165) is 12.0 Å². The van der Waals surface area contributed by atoms with Gasteiger partial charge in [0.1, 0.15) is 0 Å². The lowest BCUT2D eigenvalue weighted by Crippen LogP contribution is -2.36. The summed E-state index contributed by atoms with van der Waals surface area (Å²) in [5.41, 5.74) is 0. The molecule has 0 aromatic rings. The Morgan fingerprint density at radius 1 is 0.938 bits per heavy atom. The smallest absolute Gasteiger partial charge is 0.0621 e. The van der Waals surface area contributed by atoms with Crippen LogP contribution < -0.4 is 5.32 Å². The quantitative estimate of drug-likeness (QED) is 0.743. The van der Waals surface area contributed by atoms with Gasteiger partial charge in [-0.2, -0.15) is 0 Å². The topological polar surface area (TPSA) is 21.3 Å². The summed E-state index contributed by atoms with van der Waals surface area (Å²) in [6, 6.07) is 0.807. The third-order valence-electron chi connectivity index (χ3n) is 4.76. The monoisotopic (exact) mass is 223 g/mol. The Labute approximate surface area is 99.1 Å². The Hall–Kier alpha value is -0.0800. The van der Waals surface area contributed by atoms with Crippen LogP contribution in [0.15, 0.2) is 0 Å². The van der Waals surface area contributed by atoms with E-state index in [1.54, 1.807) is 0 Å². The summed E-state index contributed by atoms with van der Waals surface area (Å²) < 4.78 is 5.91. The first-order valence-electron chi connectivity index (χ1n) is 7.30. The van der Waals surface area contributed by atoms with Crippen LogP contribution in [-0.4, -0.2) is 24.8 Å². The fourth-order valence-electron chi connectivity index (χ4n) is 3.76. The Morgan fingerprint density at radius 3 is 2.38 bits per heavy atom. The van der Waals surface area contributed by atoms with Crippen molar-refractivity contribution in [3.63, 3.8) is 0 Å². The van der Waals surface area contributed by atoms with Crippen molar-refractivity contribution in [2.75, 3.05) is 6.54 Å². The molecule has 0 spiro atoms. The minimum Gasteiger partial charge on any atom is -0.375 e. The molecule has 1 aliphatic carbocycles. The summed E-state index contributed by atoms with van der Waals surface area (Å²) in [6.45, 7) is 1.21. The summed E-state index contributed by atoms with van der Waals surface area (Å²) in [6.07, 6.45) is 13.8. The summed E-state index contributed by atoms with van der Waals surface area (Å²) >= 11 is 0. The van der Waals surface area contributed by atoms with E-state index >= 15 is 0 Å². The molecule has 1 N–H and O–H groups in total. The van der Waals surface area contributed by atoms with E-state index in [0.29, 0.717) is 12.2 Å². The molecule has 0 aromatic heterocycles. The molecule has 2 heteroatoms. The van der Waals surface area contributed by atoms with Gasteiger partial charge in [0.25, 0.3) is 0 Å². The van der Waals surface area contributed by atoms with Crippen LogP contribution in [0, 0.1) is 5.92 Å². The molecule has 2 saturated heterocycles. The summed E-state index contributed by atoms with van der Waals surface area (Å²) in [5, 5.41) is 3.81. The molecule has 16 heavy (non-hydrogen) atoms. The second-order valence-electron chi connectivity index (χ2n) is 5.97. The maximum atomic E-state index is 5.91. The van der Waals surface area contributed by atoms with Gasteiger partial charge in [-0.05, 0) is 32.1 Å². The second kappa shape index (κ2) is 5.05. The lowest BCUT2D eigenvalue weighted by atomic mass is 9.89. The van der Waals surface area contributed by atoms with E-state index in [1.165, 1.54) is 64.3 Å². The van der Waals surface area contributed by atoms with Crippen molar-refractivity contribution in [2.24, 2.45) is 5.92 Å². The van der Waals surface area contributed by atoms with Crippen LogP contribution >= 0.6 is 0 Å². The van der Waals surface area contributed by atoms with Gasteiger partial charge in [0.2, 0.25) is 0 Å². The predicted octanol–water partition coefficient (Wildman–Crippen LogP) is 2.87. The van der Waals surface area contributed by atoms with Gasteiger partial charge in [-0.25, -0.2) is 0 Å². The first kappa shape index (κ1) is 11.0. The van der Waals surface area contributed by atoms with Crippen LogP contribution in [0.1, 0.15) is 57.8 Å². The highest BCUT2D eigenvalue weighted by Crippen LogP contribution is 2.38. The van der Waals surface area contributed by atoms with Crippen molar-refractivity contribution < 1.29 is 4.74 Å². The minimum atomic E-state index is 0.600. The van der Waals surface area contributed by atoms with Gasteiger partial charge in [-0.1, -0.05) is 25.7 Å². The number of rotatable bonds is 3. The molecule has 0 radical (unpaired) electrons. The third kappa shape index (κ3) is 2.43. The van der Waals surface area contributed by atoms with Crippen LogP contribution in [0.4, 0.5) is 0 Å². The Balaban J connectivity index is 1.42. The van der Waals surface area contributed by atoms with Gasteiger partial charge < -0.3 is 10.1 Å². The van der Waals surface area contributed by atoms with E-state index in [4.69, 9.17) is 4.74 Å². The second-order valence-corrected chi connectivity index (χ2v) is 5.97. The molecule has 3 unspecified atom stereocenters. The highest BCUT2D eigenvalue weighted by Gasteiger charge is 2.40. The van der Waals surface area contributed by atoms with E-state index in [-0.39, 0.29) is 0 Å². The zero-order chi connectivity index (χ0) is 10.8. The van der Waals surface area contributed by atoms with Crippen molar-refractivity contribution >= 4 is 0 Å². The molecular weight excluding hydrogens is 198 g/mol. The zero-order valence-electron chi connectivity index (χ0n) is 10.3. The van der Waals surface area contributed by atoms with Crippen molar-refractivity contribution in [1.82, 2.24) is 5.32 Å². The maximum absolute atomic E-state index is 5.91. The van der Waals surface area contributed by atoms with E-state index in [1.807, 2.05) is 0 Å². The van der Waals surface area contributed by atoms with Crippen molar-refractivity contribution in [3.8, 4) is 0 Å². The SMILES string of the molecule is C1CCCC(NCC2CC3CCC2O3)CC1. The van der Waals surface area contributed by atoms with Crippen molar-refractivity contribution in [3.05, 3.63) is 0 Å². The van der Waals surface area contributed by atoms with Crippen LogP contribution in [0.25, 0.3) is 0 Å². The number of ether oxygens (including phenoxy) is 1. The maximum Gasteiger partial charge on any atom is 0.0621 e. The molecule has 92 valence electrons. The van der Waals surface area contributed by atoms with Crippen LogP contribution in [-0.2, 0) is 4.74 Å². The van der Waals surface area contributed by atoms with Gasteiger partial charge in [0.05, 0.1) is 12.2 Å². The summed E-state index contributed by atoms with van der Waals surface area (Å²) in [5.74, 6) is 0.821. The molecule has 0 aromatic carbocycles. The lowest BCUT2D eigenvalue weighted by molar-refractivity contribution is 0.0918. The van der Waals surface area contributed by atoms with Crippen LogP contribution in [0.5, 0.6) is 0 Å². The summed E-state index contributed by atoms with van der Waals surface area (Å²) in [7, 11) is 0. The third-order valence-corrected chi connectivity index (χ3v) is 4.76. The zero-order valence-corrected chi connectivity index (χ0v) is 10.3. The molecule has 3 aliphatic rings. The molecule has 3 rings (SSSR count). The van der Waals surface area contributed by atoms with Gasteiger partial charge in [-0.15, -0.1) is 0 Å². The number of fused-ring (bicyclic) bond motifs is 2. The average Bonchev–Trinajstić information content (AvgIpc) is 2.82. The molecule has 0 amide bonds. The molecule has 2 nitrogen and oxygen atoms in total. The molecule has 2 bridgehead atoms. The van der Waals surface area contributed by atoms with Crippen molar-refractivity contribution in [1.29, 1.82) is 0 Å². The van der Waals surface area contributed by atoms with Crippen LogP contribution in [0.2, 0.25) is 0 Å². The van der Waals surface area contributed by atoms with E-state index in [2.05, 4.69) is 5.32 Å². The van der Waals surface area contributed by atoms with Crippen molar-refractivity contribution in [2.45, 2.75) is 76.0 Å². The van der Waals surface area contributed by atoms with Gasteiger partial charge in [0, 0.05) is 18.5 Å². The Morgan fingerprint density at radius 2 is 1.75 bits per heavy atom. The highest BCUT2D eigenvalue weighted by molar-refractivity contribution is 4.90. The summed E-state index contributed by atoms with van der Waals surface area (Å²) in [4.78, 5) is 0. The minimum absolute atomic E-state index is 0.600. The average molecular weight is 223 g/mol. The van der Waals surface area contributed by atoms with Gasteiger partial charge >= 0.3 is 0 Å². The van der Waals surface area contributed by atoms with E-state index < -0.39 is 0 Å². The van der Waals surface area contributed by atoms with Gasteiger partial charge in [-0.3, -0.25) is 0 Å². The first-order chi connectivity index (χ1) is 7.92. The predicted molar refractivity (Wildman–Crippen MR) is 65.5 cm³/mol. The normalized spacial score (nSPS) is 40.1. The Kier molecular flexibility index (Phi) is 3.49. The molecule has 2 aliphatic heterocycles. The van der Waals surface area contributed by atoms with Crippen LogP contribution in [0.3, 0.4) is 0 Å². The van der Waals surface area contributed by atoms with E-state index in [9.17, 15) is 0 Å². The fourth-order valence-corrected chi connectivity index (χ4v) is 3.76. The largest absolute Gasteiger partial charge is 0.375 e. The number of nitrogens with one attached hydrogen (secondary N) is 1. The number of hydrogen-bond acceptors (Lipinski definition) is 2. The molecule has 1 saturated carbocycles. The fraction of sp³-hybridized carbons (Fsp3) is 1.00. The highest BCUT2D eigenvalue weighted by atomic mass is 16.5. The molecule has 3 atom stereocenters. The first-order valence-corrected chi connectivity index (χ1v) is 7.30. The van der Waals surface area contributed by atoms with Gasteiger partial charge in [0.15, 0.2) is 0 Å². The molecule has 3 fully saturated rings.